The van der Waals surface area contributed by atoms with Crippen LogP contribution in [0.2, 0.25) is 0 Å². The molecule has 17 heavy (non-hydrogen) atoms. The number of thioether (sulfide) groups is 1. The number of nitrogens with one attached hydrogen (secondary N) is 1. The lowest BCUT2D eigenvalue weighted by atomic mass is 10.1. The van der Waals surface area contributed by atoms with E-state index in [0.29, 0.717) is 0 Å². The first-order chi connectivity index (χ1) is 8.28. The first kappa shape index (κ1) is 13.0. The Morgan fingerprint density at radius 1 is 1.47 bits per heavy atom. The monoisotopic (exact) mass is 254 g/mol. The minimum atomic E-state index is 0.806. The lowest BCUT2D eigenvalue weighted by Crippen LogP contribution is -2.24. The fraction of sp³-hybridized carbons (Fsp3) is 0.692. The standard InChI is InChI=1S/C13H22N2OS/c1-15-6-5-11(9-15)7-14-8-12-3-4-13(16-12)10-17-2/h3-4,11,14H,5-10H2,1-2H3. The predicted octanol–water partition coefficient (Wildman–Crippen LogP) is 2.18. The Bertz CT molecular complexity index is 340. The molecule has 1 aliphatic heterocycles. The zero-order valence-corrected chi connectivity index (χ0v) is 11.6. The lowest BCUT2D eigenvalue weighted by Gasteiger charge is -2.10. The van der Waals surface area contributed by atoms with Crippen molar-refractivity contribution in [2.75, 3.05) is 32.9 Å². The van der Waals surface area contributed by atoms with Gasteiger partial charge in [0, 0.05) is 6.54 Å². The van der Waals surface area contributed by atoms with E-state index in [1.54, 1.807) is 11.8 Å². The Morgan fingerprint density at radius 2 is 2.29 bits per heavy atom. The summed E-state index contributed by atoms with van der Waals surface area (Å²) in [5.41, 5.74) is 0. The van der Waals surface area contributed by atoms with Crippen molar-refractivity contribution in [2.45, 2.75) is 18.7 Å². The van der Waals surface area contributed by atoms with Gasteiger partial charge in [0.05, 0.1) is 12.3 Å². The van der Waals surface area contributed by atoms with E-state index in [4.69, 9.17) is 4.42 Å². The van der Waals surface area contributed by atoms with Crippen molar-refractivity contribution < 1.29 is 4.42 Å². The number of nitrogens with zero attached hydrogens (tertiary/aromatic N) is 1. The maximum absolute atomic E-state index is 5.72. The summed E-state index contributed by atoms with van der Waals surface area (Å²) in [4.78, 5) is 2.40. The van der Waals surface area contributed by atoms with Crippen molar-refractivity contribution in [1.82, 2.24) is 10.2 Å². The summed E-state index contributed by atoms with van der Waals surface area (Å²) in [5.74, 6) is 3.91. The van der Waals surface area contributed by atoms with Crippen LogP contribution in [0.25, 0.3) is 0 Å². The minimum Gasteiger partial charge on any atom is -0.464 e. The Hall–Kier alpha value is -0.450. The average molecular weight is 254 g/mol. The van der Waals surface area contributed by atoms with Gasteiger partial charge >= 0.3 is 0 Å². The Labute approximate surface area is 108 Å². The number of rotatable bonds is 6. The smallest absolute Gasteiger partial charge is 0.117 e. The van der Waals surface area contributed by atoms with Crippen molar-refractivity contribution in [2.24, 2.45) is 5.92 Å². The summed E-state index contributed by atoms with van der Waals surface area (Å²) in [5, 5.41) is 3.49. The summed E-state index contributed by atoms with van der Waals surface area (Å²) in [6.07, 6.45) is 3.41. The van der Waals surface area contributed by atoms with E-state index in [0.717, 1.165) is 36.3 Å². The van der Waals surface area contributed by atoms with Crippen LogP contribution in [0.15, 0.2) is 16.5 Å². The largest absolute Gasteiger partial charge is 0.464 e. The van der Waals surface area contributed by atoms with Crippen LogP contribution in [0.3, 0.4) is 0 Å². The fourth-order valence-corrected chi connectivity index (χ4v) is 2.77. The molecule has 0 saturated carbocycles. The van der Waals surface area contributed by atoms with Crippen LogP contribution in [0.5, 0.6) is 0 Å². The summed E-state index contributed by atoms with van der Waals surface area (Å²) in [6, 6.07) is 4.16. The second-order valence-electron chi connectivity index (χ2n) is 4.85. The summed E-state index contributed by atoms with van der Waals surface area (Å²) in [6.45, 7) is 4.42. The zero-order chi connectivity index (χ0) is 12.1. The second kappa shape index (κ2) is 6.47. The fourth-order valence-electron chi connectivity index (χ4n) is 2.33. The highest BCUT2D eigenvalue weighted by atomic mass is 32.2. The molecule has 2 heterocycles. The van der Waals surface area contributed by atoms with Crippen LogP contribution in [-0.4, -0.2) is 37.8 Å². The van der Waals surface area contributed by atoms with Crippen molar-refractivity contribution >= 4 is 11.8 Å². The van der Waals surface area contributed by atoms with E-state index in [-0.39, 0.29) is 0 Å². The second-order valence-corrected chi connectivity index (χ2v) is 5.71. The normalized spacial score (nSPS) is 21.2. The Kier molecular flexibility index (Phi) is 4.95. The average Bonchev–Trinajstić information content (AvgIpc) is 2.89. The Morgan fingerprint density at radius 3 is 3.00 bits per heavy atom. The predicted molar refractivity (Wildman–Crippen MR) is 73.2 cm³/mol. The summed E-state index contributed by atoms with van der Waals surface area (Å²) < 4.78 is 5.72. The third kappa shape index (κ3) is 4.05. The van der Waals surface area contributed by atoms with Gasteiger partial charge in [0.25, 0.3) is 0 Å². The van der Waals surface area contributed by atoms with Crippen molar-refractivity contribution in [1.29, 1.82) is 0 Å². The first-order valence-electron chi connectivity index (χ1n) is 6.23. The molecule has 2 rings (SSSR count). The van der Waals surface area contributed by atoms with E-state index in [2.05, 4.69) is 35.7 Å². The minimum absolute atomic E-state index is 0.806. The van der Waals surface area contributed by atoms with E-state index < -0.39 is 0 Å². The molecule has 1 N–H and O–H groups in total. The van der Waals surface area contributed by atoms with Gasteiger partial charge in [-0.05, 0) is 50.9 Å². The highest BCUT2D eigenvalue weighted by molar-refractivity contribution is 7.97. The first-order valence-corrected chi connectivity index (χ1v) is 7.63. The Balaban J connectivity index is 1.67. The van der Waals surface area contributed by atoms with Crippen LogP contribution in [-0.2, 0) is 12.3 Å². The van der Waals surface area contributed by atoms with Crippen LogP contribution in [0, 0.1) is 5.92 Å². The topological polar surface area (TPSA) is 28.4 Å². The molecule has 0 radical (unpaired) electrons. The SMILES string of the molecule is CSCc1ccc(CNCC2CCN(C)C2)o1. The summed E-state index contributed by atoms with van der Waals surface area (Å²) >= 11 is 1.79. The maximum atomic E-state index is 5.72. The lowest BCUT2D eigenvalue weighted by molar-refractivity contribution is 0.383. The molecular weight excluding hydrogens is 232 g/mol. The van der Waals surface area contributed by atoms with Gasteiger partial charge in [0.1, 0.15) is 11.5 Å². The molecule has 1 saturated heterocycles. The number of hydrogen-bond donors (Lipinski definition) is 1. The quantitative estimate of drug-likeness (QED) is 0.842. The van der Waals surface area contributed by atoms with Crippen LogP contribution in [0.4, 0.5) is 0 Å². The van der Waals surface area contributed by atoms with E-state index >= 15 is 0 Å². The van der Waals surface area contributed by atoms with E-state index in [1.807, 2.05) is 0 Å². The van der Waals surface area contributed by atoms with Gasteiger partial charge in [-0.3, -0.25) is 0 Å². The molecule has 0 bridgehead atoms. The molecule has 96 valence electrons. The molecule has 1 aliphatic rings. The van der Waals surface area contributed by atoms with Crippen molar-refractivity contribution in [3.05, 3.63) is 23.7 Å². The molecule has 1 aromatic rings. The van der Waals surface area contributed by atoms with E-state index in [9.17, 15) is 0 Å². The highest BCUT2D eigenvalue weighted by Gasteiger charge is 2.18. The van der Waals surface area contributed by atoms with Crippen LogP contribution >= 0.6 is 11.8 Å². The molecule has 1 aromatic heterocycles. The van der Waals surface area contributed by atoms with Crippen LogP contribution in [0.1, 0.15) is 17.9 Å². The molecule has 0 aliphatic carbocycles. The molecule has 1 fully saturated rings. The third-order valence-corrected chi connectivity index (χ3v) is 3.80. The van der Waals surface area contributed by atoms with Gasteiger partial charge < -0.3 is 14.6 Å². The molecular formula is C13H22N2OS. The van der Waals surface area contributed by atoms with Gasteiger partial charge in [-0.1, -0.05) is 0 Å². The van der Waals surface area contributed by atoms with Gasteiger partial charge in [-0.15, -0.1) is 0 Å². The molecule has 4 heteroatoms. The van der Waals surface area contributed by atoms with Gasteiger partial charge in [0.2, 0.25) is 0 Å². The van der Waals surface area contributed by atoms with Crippen molar-refractivity contribution in [3.63, 3.8) is 0 Å². The molecule has 1 atom stereocenters. The van der Waals surface area contributed by atoms with E-state index in [1.165, 1.54) is 19.5 Å². The summed E-state index contributed by atoms with van der Waals surface area (Å²) in [7, 11) is 2.20. The van der Waals surface area contributed by atoms with Crippen LogP contribution < -0.4 is 5.32 Å². The zero-order valence-electron chi connectivity index (χ0n) is 10.7. The number of likely N-dealkylation sites (tertiary alicyclic amines) is 1. The number of hydrogen-bond acceptors (Lipinski definition) is 4. The van der Waals surface area contributed by atoms with Gasteiger partial charge in [0.15, 0.2) is 0 Å². The molecule has 0 spiro atoms. The van der Waals surface area contributed by atoms with Gasteiger partial charge in [-0.2, -0.15) is 11.8 Å². The molecule has 1 unspecified atom stereocenters. The van der Waals surface area contributed by atoms with Gasteiger partial charge in [-0.25, -0.2) is 0 Å². The highest BCUT2D eigenvalue weighted by Crippen LogP contribution is 2.15. The molecule has 0 amide bonds. The molecule has 3 nitrogen and oxygen atoms in total. The number of furan rings is 1. The van der Waals surface area contributed by atoms with Crippen molar-refractivity contribution in [3.8, 4) is 0 Å². The third-order valence-electron chi connectivity index (χ3n) is 3.23. The molecule has 0 aromatic carbocycles. The maximum Gasteiger partial charge on any atom is 0.117 e.